The van der Waals surface area contributed by atoms with Crippen LogP contribution in [0.2, 0.25) is 0 Å². The van der Waals surface area contributed by atoms with Gasteiger partial charge in [0.1, 0.15) is 12.1 Å². The summed E-state index contributed by atoms with van der Waals surface area (Å²) in [6.07, 6.45) is 3.17. The van der Waals surface area contributed by atoms with Crippen LogP contribution < -0.4 is 5.32 Å². The molecule has 0 saturated carbocycles. The fraction of sp³-hybridized carbons (Fsp3) is 0.348. The van der Waals surface area contributed by atoms with Gasteiger partial charge in [-0.25, -0.2) is 4.79 Å². The summed E-state index contributed by atoms with van der Waals surface area (Å²) in [5.74, 6) is -0.669. The number of carbonyl (C=O) groups excluding carboxylic acids is 3. The van der Waals surface area contributed by atoms with E-state index in [2.05, 4.69) is 5.32 Å². The van der Waals surface area contributed by atoms with Gasteiger partial charge < -0.3 is 10.2 Å². The van der Waals surface area contributed by atoms with E-state index in [-0.39, 0.29) is 18.4 Å². The standard InChI is InChI=1S/C23H25N3O3/c1-23(19-12-11-17-9-6-10-18(17)13-19)21(28)26(22(29)24-23)15-20(27)25(2)14-16-7-4-3-5-8-16/h3-5,7-8,11-13H,6,9-10,14-15H2,1-2H3,(H,24,29)/t23-/m0/s1. The predicted molar refractivity (Wildman–Crippen MR) is 109 cm³/mol. The Morgan fingerprint density at radius 2 is 1.83 bits per heavy atom. The predicted octanol–water partition coefficient (Wildman–Crippen LogP) is 2.60. The smallest absolute Gasteiger partial charge is 0.325 e. The van der Waals surface area contributed by atoms with E-state index in [1.54, 1.807) is 14.0 Å². The van der Waals surface area contributed by atoms with Gasteiger partial charge in [0.25, 0.3) is 5.91 Å². The molecular weight excluding hydrogens is 366 g/mol. The monoisotopic (exact) mass is 391 g/mol. The molecule has 2 aromatic rings. The number of benzene rings is 2. The first-order valence-corrected chi connectivity index (χ1v) is 9.93. The molecule has 1 saturated heterocycles. The Labute approximate surface area is 170 Å². The summed E-state index contributed by atoms with van der Waals surface area (Å²) in [5.41, 5.74) is 3.16. The average Bonchev–Trinajstić information content (AvgIpc) is 3.27. The molecule has 0 radical (unpaired) electrons. The third-order valence-electron chi connectivity index (χ3n) is 5.93. The van der Waals surface area contributed by atoms with E-state index < -0.39 is 11.6 Å². The van der Waals surface area contributed by atoms with Gasteiger partial charge in [-0.1, -0.05) is 48.5 Å². The SMILES string of the molecule is CN(Cc1ccccc1)C(=O)CN1C(=O)N[C@@](C)(c2ccc3c(c2)CCC3)C1=O. The summed E-state index contributed by atoms with van der Waals surface area (Å²) >= 11 is 0. The van der Waals surface area contributed by atoms with Crippen LogP contribution in [-0.2, 0) is 34.5 Å². The average molecular weight is 391 g/mol. The number of aryl methyl sites for hydroxylation is 2. The molecule has 0 bridgehead atoms. The molecule has 0 spiro atoms. The number of nitrogens with one attached hydrogen (secondary N) is 1. The van der Waals surface area contributed by atoms with Crippen molar-refractivity contribution in [1.82, 2.24) is 15.1 Å². The lowest BCUT2D eigenvalue weighted by Gasteiger charge is -2.24. The third-order valence-corrected chi connectivity index (χ3v) is 5.93. The number of nitrogens with zero attached hydrogens (tertiary/aromatic N) is 2. The summed E-state index contributed by atoms with van der Waals surface area (Å²) in [6.45, 7) is 1.86. The topological polar surface area (TPSA) is 69.7 Å². The van der Waals surface area contributed by atoms with Gasteiger partial charge in [-0.2, -0.15) is 0 Å². The lowest BCUT2D eigenvalue weighted by molar-refractivity contribution is -0.138. The Hall–Kier alpha value is -3.15. The summed E-state index contributed by atoms with van der Waals surface area (Å²) in [4.78, 5) is 40.9. The summed E-state index contributed by atoms with van der Waals surface area (Å²) in [5, 5.41) is 2.80. The first-order chi connectivity index (χ1) is 13.9. The molecule has 1 atom stereocenters. The molecular formula is C23H25N3O3. The molecule has 1 aliphatic carbocycles. The lowest BCUT2D eigenvalue weighted by atomic mass is 9.89. The van der Waals surface area contributed by atoms with Crippen LogP contribution in [0, 0.1) is 0 Å². The van der Waals surface area contributed by atoms with E-state index in [0.29, 0.717) is 6.54 Å². The number of hydrogen-bond acceptors (Lipinski definition) is 3. The maximum Gasteiger partial charge on any atom is 0.325 e. The van der Waals surface area contributed by atoms with Crippen LogP contribution in [-0.4, -0.2) is 41.2 Å². The van der Waals surface area contributed by atoms with Crippen LogP contribution >= 0.6 is 0 Å². The molecule has 2 aromatic carbocycles. The van der Waals surface area contributed by atoms with Crippen molar-refractivity contribution in [2.75, 3.05) is 13.6 Å². The fourth-order valence-corrected chi connectivity index (χ4v) is 4.12. The molecule has 0 unspecified atom stereocenters. The number of hydrogen-bond donors (Lipinski definition) is 1. The Kier molecular flexibility index (Phi) is 4.86. The van der Waals surface area contributed by atoms with Crippen molar-refractivity contribution in [3.05, 3.63) is 70.8 Å². The van der Waals surface area contributed by atoms with E-state index in [1.807, 2.05) is 48.5 Å². The zero-order valence-corrected chi connectivity index (χ0v) is 16.8. The Bertz CT molecular complexity index is 973. The zero-order chi connectivity index (χ0) is 20.6. The molecule has 2 aliphatic rings. The van der Waals surface area contributed by atoms with E-state index in [9.17, 15) is 14.4 Å². The van der Waals surface area contributed by atoms with E-state index in [0.717, 1.165) is 35.3 Å². The van der Waals surface area contributed by atoms with Crippen LogP contribution in [0.1, 0.15) is 35.6 Å². The number of amides is 4. The van der Waals surface area contributed by atoms with Gasteiger partial charge in [-0.05, 0) is 48.4 Å². The van der Waals surface area contributed by atoms with Gasteiger partial charge in [-0.15, -0.1) is 0 Å². The second-order valence-electron chi connectivity index (χ2n) is 8.02. The van der Waals surface area contributed by atoms with Crippen LogP contribution in [0.15, 0.2) is 48.5 Å². The fourth-order valence-electron chi connectivity index (χ4n) is 4.12. The summed E-state index contributed by atoms with van der Waals surface area (Å²) in [7, 11) is 1.67. The van der Waals surface area contributed by atoms with E-state index >= 15 is 0 Å². The van der Waals surface area contributed by atoms with Crippen LogP contribution in [0.5, 0.6) is 0 Å². The maximum absolute atomic E-state index is 13.1. The van der Waals surface area contributed by atoms with Gasteiger partial charge in [0, 0.05) is 13.6 Å². The Morgan fingerprint density at radius 1 is 1.10 bits per heavy atom. The Morgan fingerprint density at radius 3 is 2.59 bits per heavy atom. The normalized spacial score (nSPS) is 20.6. The highest BCUT2D eigenvalue weighted by atomic mass is 16.2. The second kappa shape index (κ2) is 7.35. The van der Waals surface area contributed by atoms with Crippen molar-refractivity contribution in [1.29, 1.82) is 0 Å². The molecule has 1 heterocycles. The quantitative estimate of drug-likeness (QED) is 0.797. The van der Waals surface area contributed by atoms with E-state index in [4.69, 9.17) is 0 Å². The minimum atomic E-state index is -1.15. The number of likely N-dealkylation sites (N-methyl/N-ethyl adjacent to an activating group) is 1. The van der Waals surface area contributed by atoms with Crippen LogP contribution in [0.3, 0.4) is 0 Å². The molecule has 29 heavy (non-hydrogen) atoms. The van der Waals surface area contributed by atoms with Crippen LogP contribution in [0.25, 0.3) is 0 Å². The van der Waals surface area contributed by atoms with E-state index in [1.165, 1.54) is 16.0 Å². The van der Waals surface area contributed by atoms with Crippen LogP contribution in [0.4, 0.5) is 4.79 Å². The molecule has 4 amide bonds. The minimum Gasteiger partial charge on any atom is -0.340 e. The minimum absolute atomic E-state index is 0.269. The Balaban J connectivity index is 1.48. The van der Waals surface area contributed by atoms with Crippen molar-refractivity contribution < 1.29 is 14.4 Å². The highest BCUT2D eigenvalue weighted by Gasteiger charge is 2.49. The summed E-state index contributed by atoms with van der Waals surface area (Å²) in [6, 6.07) is 15.1. The number of rotatable bonds is 5. The molecule has 0 aromatic heterocycles. The largest absolute Gasteiger partial charge is 0.340 e. The maximum atomic E-state index is 13.1. The lowest BCUT2D eigenvalue weighted by Crippen LogP contribution is -2.43. The third kappa shape index (κ3) is 3.50. The zero-order valence-electron chi connectivity index (χ0n) is 16.8. The van der Waals surface area contributed by atoms with Crippen molar-refractivity contribution in [2.45, 2.75) is 38.3 Å². The second-order valence-corrected chi connectivity index (χ2v) is 8.02. The molecule has 6 nitrogen and oxygen atoms in total. The highest BCUT2D eigenvalue weighted by molar-refractivity contribution is 6.09. The molecule has 4 rings (SSSR count). The number of fused-ring (bicyclic) bond motifs is 1. The first-order valence-electron chi connectivity index (χ1n) is 9.93. The molecule has 150 valence electrons. The van der Waals surface area contributed by atoms with Crippen molar-refractivity contribution in [3.63, 3.8) is 0 Å². The van der Waals surface area contributed by atoms with Gasteiger partial charge in [-0.3, -0.25) is 14.5 Å². The van der Waals surface area contributed by atoms with Gasteiger partial charge >= 0.3 is 6.03 Å². The molecule has 1 N–H and O–H groups in total. The van der Waals surface area contributed by atoms with Gasteiger partial charge in [0.2, 0.25) is 5.91 Å². The number of carbonyl (C=O) groups is 3. The highest BCUT2D eigenvalue weighted by Crippen LogP contribution is 2.32. The molecule has 1 aliphatic heterocycles. The molecule has 6 heteroatoms. The van der Waals surface area contributed by atoms with Crippen molar-refractivity contribution in [2.24, 2.45) is 0 Å². The van der Waals surface area contributed by atoms with Crippen molar-refractivity contribution in [3.8, 4) is 0 Å². The first kappa shape index (κ1) is 19.2. The number of imide groups is 1. The number of urea groups is 1. The summed E-state index contributed by atoms with van der Waals surface area (Å²) < 4.78 is 0. The van der Waals surface area contributed by atoms with Gasteiger partial charge in [0.05, 0.1) is 0 Å². The van der Waals surface area contributed by atoms with Gasteiger partial charge in [0.15, 0.2) is 0 Å². The van der Waals surface area contributed by atoms with Crippen molar-refractivity contribution >= 4 is 17.8 Å². The molecule has 1 fully saturated rings.